The molecule has 0 atom stereocenters. The van der Waals surface area contributed by atoms with E-state index in [2.05, 4.69) is 15.3 Å². The molecule has 0 aliphatic carbocycles. The minimum absolute atomic E-state index is 0.0173. The Morgan fingerprint density at radius 1 is 1.19 bits per heavy atom. The van der Waals surface area contributed by atoms with Crippen LogP contribution in [0.15, 0.2) is 48.0 Å². The topological polar surface area (TPSA) is 67.4 Å². The van der Waals surface area contributed by atoms with E-state index in [1.54, 1.807) is 23.7 Å². The summed E-state index contributed by atoms with van der Waals surface area (Å²) in [5, 5.41) is 5.02. The van der Waals surface area contributed by atoms with Crippen molar-refractivity contribution in [2.24, 2.45) is 0 Å². The van der Waals surface area contributed by atoms with E-state index in [1.165, 1.54) is 17.4 Å². The number of anilines is 1. The van der Waals surface area contributed by atoms with Crippen molar-refractivity contribution in [2.45, 2.75) is 19.1 Å². The van der Waals surface area contributed by atoms with Crippen molar-refractivity contribution in [1.82, 2.24) is 15.3 Å². The maximum absolute atomic E-state index is 13.7. The molecule has 32 heavy (non-hydrogen) atoms. The zero-order chi connectivity index (χ0) is 22.6. The largest absolute Gasteiger partial charge is 0.416 e. The van der Waals surface area contributed by atoms with Crippen molar-refractivity contribution in [2.75, 3.05) is 31.2 Å². The van der Waals surface area contributed by atoms with E-state index >= 15 is 0 Å². The summed E-state index contributed by atoms with van der Waals surface area (Å²) < 4.78 is 46.2. The Hall–Kier alpha value is -2.98. The summed E-state index contributed by atoms with van der Waals surface area (Å²) in [6.07, 6.45) is -2.88. The van der Waals surface area contributed by atoms with Crippen LogP contribution in [-0.4, -0.2) is 42.2 Å². The minimum Gasteiger partial charge on any atom is -0.378 e. The molecule has 1 saturated heterocycles. The molecule has 1 fully saturated rings. The standard InChI is InChI=1S/C22H21F3N4O2S/c23-22(24,25)18-12-17(29-7-9-31-10-8-29)5-4-15(18)13-27-20(30)11-16-14-32-21(28-16)19-3-1-2-6-26-19/h1-6,12,14H,7-11,13H2,(H,27,30). The quantitative estimate of drug-likeness (QED) is 0.602. The predicted octanol–water partition coefficient (Wildman–Crippen LogP) is 3.92. The molecule has 0 radical (unpaired) electrons. The van der Waals surface area contributed by atoms with Gasteiger partial charge in [0.15, 0.2) is 0 Å². The number of halogens is 3. The van der Waals surface area contributed by atoms with Crippen molar-refractivity contribution in [3.63, 3.8) is 0 Å². The van der Waals surface area contributed by atoms with Crippen LogP contribution in [0.3, 0.4) is 0 Å². The summed E-state index contributed by atoms with van der Waals surface area (Å²) in [7, 11) is 0. The molecule has 1 N–H and O–H groups in total. The number of rotatable bonds is 6. The van der Waals surface area contributed by atoms with Crippen molar-refractivity contribution < 1.29 is 22.7 Å². The van der Waals surface area contributed by atoms with Crippen LogP contribution in [-0.2, 0) is 28.7 Å². The van der Waals surface area contributed by atoms with E-state index in [-0.39, 0.29) is 18.5 Å². The number of morpholine rings is 1. The summed E-state index contributed by atoms with van der Waals surface area (Å²) in [4.78, 5) is 22.8. The molecule has 1 aliphatic heterocycles. The van der Waals surface area contributed by atoms with Crippen LogP contribution in [0.4, 0.5) is 18.9 Å². The van der Waals surface area contributed by atoms with Crippen LogP contribution in [0.2, 0.25) is 0 Å². The SMILES string of the molecule is O=C(Cc1csc(-c2ccccn2)n1)NCc1ccc(N2CCOCC2)cc1C(F)(F)F. The second-order valence-corrected chi connectivity index (χ2v) is 8.11. The van der Waals surface area contributed by atoms with E-state index in [9.17, 15) is 18.0 Å². The third kappa shape index (κ3) is 5.43. The second-order valence-electron chi connectivity index (χ2n) is 7.25. The number of alkyl halides is 3. The van der Waals surface area contributed by atoms with Gasteiger partial charge in [0.05, 0.1) is 36.6 Å². The van der Waals surface area contributed by atoms with Crippen LogP contribution in [0.5, 0.6) is 0 Å². The summed E-state index contributed by atoms with van der Waals surface area (Å²) in [5.41, 5.74) is 1.04. The highest BCUT2D eigenvalue weighted by Crippen LogP contribution is 2.35. The number of carbonyl (C=O) groups is 1. The number of hydrogen-bond acceptors (Lipinski definition) is 6. The number of hydrogen-bond donors (Lipinski definition) is 1. The smallest absolute Gasteiger partial charge is 0.378 e. The van der Waals surface area contributed by atoms with Gasteiger partial charge in [0.1, 0.15) is 5.01 Å². The number of pyridine rings is 1. The lowest BCUT2D eigenvalue weighted by Crippen LogP contribution is -2.36. The van der Waals surface area contributed by atoms with Gasteiger partial charge < -0.3 is 15.0 Å². The highest BCUT2D eigenvalue weighted by Gasteiger charge is 2.34. The lowest BCUT2D eigenvalue weighted by atomic mass is 10.0. The third-order valence-corrected chi connectivity index (χ3v) is 5.94. The van der Waals surface area contributed by atoms with Crippen LogP contribution >= 0.6 is 11.3 Å². The second kappa shape index (κ2) is 9.66. The number of aromatic nitrogens is 2. The molecule has 1 aliphatic rings. The van der Waals surface area contributed by atoms with Gasteiger partial charge in [-0.05, 0) is 29.8 Å². The summed E-state index contributed by atoms with van der Waals surface area (Å²) >= 11 is 1.36. The minimum atomic E-state index is -4.52. The molecule has 2 aromatic heterocycles. The van der Waals surface area contributed by atoms with E-state index in [0.29, 0.717) is 48.4 Å². The van der Waals surface area contributed by atoms with Crippen molar-refractivity contribution in [3.05, 3.63) is 64.8 Å². The van der Waals surface area contributed by atoms with Crippen LogP contribution in [0.25, 0.3) is 10.7 Å². The first-order valence-electron chi connectivity index (χ1n) is 10.1. The lowest BCUT2D eigenvalue weighted by Gasteiger charge is -2.29. The first kappa shape index (κ1) is 22.2. The van der Waals surface area contributed by atoms with E-state index in [0.717, 1.165) is 6.07 Å². The molecule has 10 heteroatoms. The molecule has 0 saturated carbocycles. The zero-order valence-electron chi connectivity index (χ0n) is 17.1. The zero-order valence-corrected chi connectivity index (χ0v) is 17.9. The Balaban J connectivity index is 1.41. The number of nitrogens with one attached hydrogen (secondary N) is 1. The molecule has 1 aromatic carbocycles. The van der Waals surface area contributed by atoms with E-state index in [1.807, 2.05) is 17.0 Å². The Kier molecular flexibility index (Phi) is 6.71. The van der Waals surface area contributed by atoms with Gasteiger partial charge in [-0.3, -0.25) is 9.78 Å². The average Bonchev–Trinajstić information content (AvgIpc) is 3.26. The van der Waals surface area contributed by atoms with Crippen LogP contribution in [0.1, 0.15) is 16.8 Å². The summed E-state index contributed by atoms with van der Waals surface area (Å²) in [6.45, 7) is 1.84. The number of benzene rings is 1. The lowest BCUT2D eigenvalue weighted by molar-refractivity contribution is -0.138. The molecule has 4 rings (SSSR count). The fraction of sp³-hybridized carbons (Fsp3) is 0.318. The Morgan fingerprint density at radius 2 is 2.00 bits per heavy atom. The van der Waals surface area contributed by atoms with Gasteiger partial charge in [0.25, 0.3) is 0 Å². The van der Waals surface area contributed by atoms with Crippen molar-refractivity contribution in [1.29, 1.82) is 0 Å². The molecule has 3 aromatic rings. The molecule has 0 unspecified atom stereocenters. The number of nitrogens with zero attached hydrogens (tertiary/aromatic N) is 3. The molecule has 6 nitrogen and oxygen atoms in total. The van der Waals surface area contributed by atoms with Crippen molar-refractivity contribution >= 4 is 22.9 Å². The number of ether oxygens (including phenoxy) is 1. The molecule has 3 heterocycles. The molecule has 1 amide bonds. The van der Waals surface area contributed by atoms with Gasteiger partial charge >= 0.3 is 6.18 Å². The Bertz CT molecular complexity index is 1070. The normalized spacial score (nSPS) is 14.4. The highest BCUT2D eigenvalue weighted by molar-refractivity contribution is 7.13. The Morgan fingerprint density at radius 3 is 2.72 bits per heavy atom. The maximum atomic E-state index is 13.7. The van der Waals surface area contributed by atoms with E-state index in [4.69, 9.17) is 4.74 Å². The van der Waals surface area contributed by atoms with Gasteiger partial charge in [-0.15, -0.1) is 11.3 Å². The average molecular weight is 462 g/mol. The van der Waals surface area contributed by atoms with Gasteiger partial charge in [-0.2, -0.15) is 13.2 Å². The van der Waals surface area contributed by atoms with Crippen LogP contribution < -0.4 is 10.2 Å². The van der Waals surface area contributed by atoms with Crippen molar-refractivity contribution in [3.8, 4) is 10.7 Å². The molecule has 0 bridgehead atoms. The summed E-state index contributed by atoms with van der Waals surface area (Å²) in [5.74, 6) is -0.395. The van der Waals surface area contributed by atoms with Crippen LogP contribution in [0, 0.1) is 0 Å². The number of thiazole rings is 1. The molecular weight excluding hydrogens is 441 g/mol. The maximum Gasteiger partial charge on any atom is 0.416 e. The van der Waals surface area contributed by atoms with Gasteiger partial charge in [0, 0.05) is 36.9 Å². The third-order valence-electron chi connectivity index (χ3n) is 5.03. The van der Waals surface area contributed by atoms with Gasteiger partial charge in [-0.25, -0.2) is 4.98 Å². The Labute approximate surface area is 187 Å². The van der Waals surface area contributed by atoms with E-state index < -0.39 is 17.6 Å². The first-order chi connectivity index (χ1) is 15.4. The monoisotopic (exact) mass is 462 g/mol. The highest BCUT2D eigenvalue weighted by atomic mass is 32.1. The van der Waals surface area contributed by atoms with Gasteiger partial charge in [0.2, 0.25) is 5.91 Å². The molecular formula is C22H21F3N4O2S. The predicted molar refractivity (Wildman–Crippen MR) is 115 cm³/mol. The molecule has 168 valence electrons. The number of amides is 1. The number of carbonyl (C=O) groups excluding carboxylic acids is 1. The first-order valence-corrected chi connectivity index (χ1v) is 10.9. The molecule has 0 spiro atoms. The fourth-order valence-electron chi connectivity index (χ4n) is 3.42. The van der Waals surface area contributed by atoms with Gasteiger partial charge in [-0.1, -0.05) is 12.1 Å². The fourth-order valence-corrected chi connectivity index (χ4v) is 4.21. The summed E-state index contributed by atoms with van der Waals surface area (Å²) in [6, 6.07) is 9.69.